The molecular weight excluding hydrogens is 360 g/mol. The highest BCUT2D eigenvalue weighted by Crippen LogP contribution is 2.23. The van der Waals surface area contributed by atoms with Crippen LogP contribution < -0.4 is 0 Å². The summed E-state index contributed by atoms with van der Waals surface area (Å²) in [5.41, 5.74) is 1.47. The highest BCUT2D eigenvalue weighted by molar-refractivity contribution is 7.99. The average molecular weight is 371 g/mol. The van der Waals surface area contributed by atoms with E-state index in [0.717, 1.165) is 11.1 Å². The molecule has 2 aromatic heterocycles. The van der Waals surface area contributed by atoms with Crippen molar-refractivity contribution in [1.29, 1.82) is 0 Å². The van der Waals surface area contributed by atoms with Gasteiger partial charge in [-0.05, 0) is 46.8 Å². The lowest BCUT2D eigenvalue weighted by Crippen LogP contribution is -2.04. The Balaban J connectivity index is 1.51. The molecule has 0 bridgehead atoms. The van der Waals surface area contributed by atoms with E-state index >= 15 is 0 Å². The fourth-order valence-electron chi connectivity index (χ4n) is 2.33. The van der Waals surface area contributed by atoms with E-state index in [1.165, 1.54) is 11.8 Å². The molecule has 0 saturated carbocycles. The lowest BCUT2D eigenvalue weighted by molar-refractivity contribution is 0.0994. The van der Waals surface area contributed by atoms with Crippen molar-refractivity contribution in [2.24, 2.45) is 0 Å². The van der Waals surface area contributed by atoms with Crippen molar-refractivity contribution < 1.29 is 9.21 Å². The number of furan rings is 1. The SMILES string of the molecule is O=C(CSc1nnnn1-c1ccc(Cl)cc1)c1cc2ccccc2o1. The summed E-state index contributed by atoms with van der Waals surface area (Å²) in [5, 5.41) is 13.7. The molecule has 0 unspecified atom stereocenters. The Kier molecular flexibility index (Phi) is 4.25. The molecule has 0 radical (unpaired) electrons. The smallest absolute Gasteiger partial charge is 0.214 e. The van der Waals surface area contributed by atoms with E-state index in [0.29, 0.717) is 21.5 Å². The van der Waals surface area contributed by atoms with Crippen LogP contribution in [0.1, 0.15) is 10.6 Å². The van der Waals surface area contributed by atoms with Crippen molar-refractivity contribution in [3.8, 4) is 5.69 Å². The minimum absolute atomic E-state index is 0.119. The number of tetrazole rings is 1. The van der Waals surface area contributed by atoms with Gasteiger partial charge in [0.2, 0.25) is 10.9 Å². The number of thioether (sulfide) groups is 1. The molecule has 2 aromatic carbocycles. The summed E-state index contributed by atoms with van der Waals surface area (Å²) in [4.78, 5) is 12.4. The first kappa shape index (κ1) is 15.9. The van der Waals surface area contributed by atoms with Crippen LogP contribution in [0.4, 0.5) is 0 Å². The maximum atomic E-state index is 12.4. The number of ketones is 1. The monoisotopic (exact) mass is 370 g/mol. The van der Waals surface area contributed by atoms with Gasteiger partial charge >= 0.3 is 0 Å². The predicted octanol–water partition coefficient (Wildman–Crippen LogP) is 4.04. The van der Waals surface area contributed by atoms with Crippen molar-refractivity contribution in [2.75, 3.05) is 5.75 Å². The van der Waals surface area contributed by atoms with Crippen molar-refractivity contribution in [1.82, 2.24) is 20.2 Å². The third-order valence-electron chi connectivity index (χ3n) is 3.54. The normalized spacial score (nSPS) is 11.1. The fourth-order valence-corrected chi connectivity index (χ4v) is 3.22. The molecule has 6 nitrogen and oxygen atoms in total. The third kappa shape index (κ3) is 3.29. The zero-order valence-corrected chi connectivity index (χ0v) is 14.4. The average Bonchev–Trinajstić information content (AvgIpc) is 3.27. The van der Waals surface area contributed by atoms with E-state index in [-0.39, 0.29) is 11.5 Å². The molecule has 0 saturated heterocycles. The van der Waals surface area contributed by atoms with Crippen LogP contribution in [0.3, 0.4) is 0 Å². The van der Waals surface area contributed by atoms with Crippen LogP contribution in [0.25, 0.3) is 16.7 Å². The molecule has 8 heteroatoms. The Labute approximate surface area is 151 Å². The number of aromatic nitrogens is 4. The zero-order valence-electron chi connectivity index (χ0n) is 12.8. The predicted molar refractivity (Wildman–Crippen MR) is 95.4 cm³/mol. The number of fused-ring (bicyclic) bond motifs is 1. The standard InChI is InChI=1S/C17H11ClN4O2S/c18-12-5-7-13(8-6-12)22-17(19-20-21-22)25-10-14(23)16-9-11-3-1-2-4-15(11)24-16/h1-9H,10H2. The molecule has 124 valence electrons. The van der Waals surface area contributed by atoms with Gasteiger partial charge in [0.1, 0.15) is 5.58 Å². The van der Waals surface area contributed by atoms with Gasteiger partial charge in [0.15, 0.2) is 5.76 Å². The molecule has 0 atom stereocenters. The molecule has 0 aliphatic carbocycles. The minimum Gasteiger partial charge on any atom is -0.453 e. The molecule has 0 aliphatic heterocycles. The van der Waals surface area contributed by atoms with E-state index in [2.05, 4.69) is 15.5 Å². The number of rotatable bonds is 5. The molecule has 25 heavy (non-hydrogen) atoms. The number of para-hydroxylation sites is 1. The van der Waals surface area contributed by atoms with Gasteiger partial charge < -0.3 is 4.42 Å². The second-order valence-electron chi connectivity index (χ2n) is 5.21. The Morgan fingerprint density at radius 2 is 1.96 bits per heavy atom. The summed E-state index contributed by atoms with van der Waals surface area (Å²) in [5.74, 6) is 0.388. The number of benzene rings is 2. The molecular formula is C17H11ClN4O2S. The first-order valence-corrected chi connectivity index (χ1v) is 8.76. The van der Waals surface area contributed by atoms with Crippen molar-refractivity contribution >= 4 is 40.1 Å². The second kappa shape index (κ2) is 6.70. The molecule has 0 amide bonds. The quantitative estimate of drug-likeness (QED) is 0.390. The van der Waals surface area contributed by atoms with Crippen molar-refractivity contribution in [3.63, 3.8) is 0 Å². The Morgan fingerprint density at radius 3 is 2.76 bits per heavy atom. The third-order valence-corrected chi connectivity index (χ3v) is 4.72. The van der Waals surface area contributed by atoms with E-state index < -0.39 is 0 Å². The molecule has 4 rings (SSSR count). The van der Waals surface area contributed by atoms with Crippen LogP contribution in [0.5, 0.6) is 0 Å². The maximum absolute atomic E-state index is 12.4. The van der Waals surface area contributed by atoms with Crippen LogP contribution in [-0.4, -0.2) is 31.7 Å². The van der Waals surface area contributed by atoms with Crippen molar-refractivity contribution in [2.45, 2.75) is 5.16 Å². The van der Waals surface area contributed by atoms with Gasteiger partial charge in [0.25, 0.3) is 0 Å². The fraction of sp³-hybridized carbons (Fsp3) is 0.0588. The Bertz CT molecular complexity index is 1010. The van der Waals surface area contributed by atoms with E-state index in [1.807, 2.05) is 36.4 Å². The number of halogens is 1. The largest absolute Gasteiger partial charge is 0.453 e. The number of nitrogens with zero attached hydrogens (tertiary/aromatic N) is 4. The lowest BCUT2D eigenvalue weighted by atomic mass is 10.2. The Morgan fingerprint density at radius 1 is 1.16 bits per heavy atom. The lowest BCUT2D eigenvalue weighted by Gasteiger charge is -2.03. The number of Topliss-reactive ketones (excluding diaryl/α,β-unsaturated/α-hetero) is 1. The second-order valence-corrected chi connectivity index (χ2v) is 6.59. The van der Waals surface area contributed by atoms with Crippen LogP contribution in [0.15, 0.2) is 64.2 Å². The highest BCUT2D eigenvalue weighted by Gasteiger charge is 2.16. The van der Waals surface area contributed by atoms with Gasteiger partial charge in [-0.15, -0.1) is 5.10 Å². The topological polar surface area (TPSA) is 73.8 Å². The van der Waals surface area contributed by atoms with Crippen LogP contribution in [0, 0.1) is 0 Å². The first-order chi connectivity index (χ1) is 12.2. The molecule has 0 aliphatic rings. The number of hydrogen-bond donors (Lipinski definition) is 0. The molecule has 0 spiro atoms. The first-order valence-electron chi connectivity index (χ1n) is 7.39. The van der Waals surface area contributed by atoms with E-state index in [9.17, 15) is 4.79 Å². The van der Waals surface area contributed by atoms with Gasteiger partial charge in [0, 0.05) is 10.4 Å². The summed E-state index contributed by atoms with van der Waals surface area (Å²) in [7, 11) is 0. The van der Waals surface area contributed by atoms with Gasteiger partial charge in [-0.25, -0.2) is 0 Å². The molecule has 0 fully saturated rings. The van der Waals surface area contributed by atoms with Crippen LogP contribution >= 0.6 is 23.4 Å². The summed E-state index contributed by atoms with van der Waals surface area (Å²) < 4.78 is 7.15. The zero-order chi connectivity index (χ0) is 17.2. The molecule has 4 aromatic rings. The summed E-state index contributed by atoms with van der Waals surface area (Å²) in [6.45, 7) is 0. The summed E-state index contributed by atoms with van der Waals surface area (Å²) in [6, 6.07) is 16.4. The molecule has 0 N–H and O–H groups in total. The summed E-state index contributed by atoms with van der Waals surface area (Å²) >= 11 is 7.15. The van der Waals surface area contributed by atoms with E-state index in [1.54, 1.807) is 22.9 Å². The van der Waals surface area contributed by atoms with Crippen molar-refractivity contribution in [3.05, 3.63) is 65.4 Å². The van der Waals surface area contributed by atoms with Crippen LogP contribution in [0.2, 0.25) is 5.02 Å². The van der Waals surface area contributed by atoms with Gasteiger partial charge in [-0.1, -0.05) is 41.6 Å². The number of hydrogen-bond acceptors (Lipinski definition) is 6. The maximum Gasteiger partial charge on any atom is 0.214 e. The van der Waals surface area contributed by atoms with Gasteiger partial charge in [0.05, 0.1) is 11.4 Å². The van der Waals surface area contributed by atoms with Crippen LogP contribution in [-0.2, 0) is 0 Å². The van der Waals surface area contributed by atoms with Gasteiger partial charge in [-0.2, -0.15) is 4.68 Å². The molecule has 2 heterocycles. The minimum atomic E-state index is -0.119. The van der Waals surface area contributed by atoms with E-state index in [4.69, 9.17) is 16.0 Å². The highest BCUT2D eigenvalue weighted by atomic mass is 35.5. The summed E-state index contributed by atoms with van der Waals surface area (Å²) in [6.07, 6.45) is 0. The van der Waals surface area contributed by atoms with Gasteiger partial charge in [-0.3, -0.25) is 4.79 Å². The number of carbonyl (C=O) groups excluding carboxylic acids is 1. The number of carbonyl (C=O) groups is 1. The Hall–Kier alpha value is -2.64.